The van der Waals surface area contributed by atoms with Crippen LogP contribution in [0.15, 0.2) is 12.4 Å². The van der Waals surface area contributed by atoms with Crippen molar-refractivity contribution >= 4 is 5.91 Å². The van der Waals surface area contributed by atoms with Gasteiger partial charge in [-0.05, 0) is 6.92 Å². The Labute approximate surface area is 95.4 Å². The molecule has 88 valence electrons. The van der Waals surface area contributed by atoms with Gasteiger partial charge in [-0.1, -0.05) is 0 Å². The van der Waals surface area contributed by atoms with Gasteiger partial charge in [0.05, 0.1) is 12.1 Å². The second-order valence-electron chi connectivity index (χ2n) is 4.24. The molecule has 0 aromatic carbocycles. The van der Waals surface area contributed by atoms with Gasteiger partial charge >= 0.3 is 0 Å². The number of aryl methyl sites for hydroxylation is 1. The van der Waals surface area contributed by atoms with Gasteiger partial charge in [0.25, 0.3) is 0 Å². The van der Waals surface area contributed by atoms with Crippen molar-refractivity contribution in [3.05, 3.63) is 18.0 Å². The Morgan fingerprint density at radius 1 is 1.50 bits per heavy atom. The summed E-state index contributed by atoms with van der Waals surface area (Å²) in [6, 6.07) is 0. The average Bonchev–Trinajstić information content (AvgIpc) is 2.75. The van der Waals surface area contributed by atoms with E-state index in [0.717, 1.165) is 31.7 Å². The molecule has 1 amide bonds. The fourth-order valence-electron chi connectivity index (χ4n) is 1.97. The minimum Gasteiger partial charge on any atom is -0.340 e. The van der Waals surface area contributed by atoms with Crippen molar-refractivity contribution in [1.29, 1.82) is 0 Å². The first-order chi connectivity index (χ1) is 7.68. The molecule has 2 rings (SSSR count). The number of amides is 1. The lowest BCUT2D eigenvalue weighted by Crippen LogP contribution is -2.47. The summed E-state index contributed by atoms with van der Waals surface area (Å²) in [5.74, 6) is 0.112. The molecule has 16 heavy (non-hydrogen) atoms. The van der Waals surface area contributed by atoms with E-state index in [-0.39, 0.29) is 11.8 Å². The van der Waals surface area contributed by atoms with Crippen LogP contribution in [0.1, 0.15) is 18.4 Å². The van der Waals surface area contributed by atoms with Crippen LogP contribution in [-0.2, 0) is 11.8 Å². The van der Waals surface area contributed by atoms with Crippen molar-refractivity contribution in [2.75, 3.05) is 26.2 Å². The summed E-state index contributed by atoms with van der Waals surface area (Å²) in [4.78, 5) is 14.1. The molecule has 0 aliphatic carbocycles. The zero-order valence-electron chi connectivity index (χ0n) is 9.81. The second kappa shape index (κ2) is 4.65. The number of aromatic nitrogens is 2. The molecule has 0 spiro atoms. The quantitative estimate of drug-likeness (QED) is 0.763. The zero-order chi connectivity index (χ0) is 11.5. The van der Waals surface area contributed by atoms with Gasteiger partial charge in [0.15, 0.2) is 0 Å². The molecular formula is C11H18N4O. The molecule has 5 nitrogen and oxygen atoms in total. The number of hydrogen-bond acceptors (Lipinski definition) is 3. The van der Waals surface area contributed by atoms with Gasteiger partial charge in [-0.2, -0.15) is 5.10 Å². The first-order valence-corrected chi connectivity index (χ1v) is 5.66. The fourth-order valence-corrected chi connectivity index (χ4v) is 1.97. The van der Waals surface area contributed by atoms with E-state index in [1.165, 1.54) is 0 Å². The molecular weight excluding hydrogens is 204 g/mol. The monoisotopic (exact) mass is 222 g/mol. The van der Waals surface area contributed by atoms with Gasteiger partial charge in [0.1, 0.15) is 0 Å². The number of rotatable bonds is 2. The van der Waals surface area contributed by atoms with E-state index in [1.54, 1.807) is 10.9 Å². The Morgan fingerprint density at radius 2 is 2.19 bits per heavy atom. The summed E-state index contributed by atoms with van der Waals surface area (Å²) < 4.78 is 1.73. The van der Waals surface area contributed by atoms with Crippen molar-refractivity contribution in [2.45, 2.75) is 12.8 Å². The zero-order valence-corrected chi connectivity index (χ0v) is 9.81. The second-order valence-corrected chi connectivity index (χ2v) is 4.24. The van der Waals surface area contributed by atoms with Crippen LogP contribution < -0.4 is 5.32 Å². The molecule has 1 atom stereocenters. The lowest BCUT2D eigenvalue weighted by atomic mass is 10.0. The number of carbonyl (C=O) groups is 1. The van der Waals surface area contributed by atoms with Crippen molar-refractivity contribution in [2.24, 2.45) is 7.05 Å². The van der Waals surface area contributed by atoms with Crippen LogP contribution in [0.3, 0.4) is 0 Å². The Hall–Kier alpha value is -1.36. The molecule has 1 fully saturated rings. The molecule has 5 heteroatoms. The number of hydrogen-bond donors (Lipinski definition) is 1. The standard InChI is InChI=1S/C11H18N4O/c1-9(10-7-13-14(2)8-10)11(16)15-5-3-12-4-6-15/h7-9,12H,3-6H2,1-2H3. The van der Waals surface area contributed by atoms with Gasteiger partial charge < -0.3 is 10.2 Å². The Bertz CT molecular complexity index is 368. The van der Waals surface area contributed by atoms with Crippen molar-refractivity contribution in [1.82, 2.24) is 20.0 Å². The number of nitrogens with zero attached hydrogens (tertiary/aromatic N) is 3. The maximum atomic E-state index is 12.2. The molecule has 1 saturated heterocycles. The third-order valence-corrected chi connectivity index (χ3v) is 3.02. The maximum Gasteiger partial charge on any atom is 0.230 e. The predicted octanol–water partition coefficient (Wildman–Crippen LogP) is -0.0446. The maximum absolute atomic E-state index is 12.2. The first-order valence-electron chi connectivity index (χ1n) is 5.66. The Morgan fingerprint density at radius 3 is 2.75 bits per heavy atom. The SMILES string of the molecule is CC(C(=O)N1CCNCC1)c1cnn(C)c1. The van der Waals surface area contributed by atoms with Gasteiger partial charge in [-0.25, -0.2) is 0 Å². The summed E-state index contributed by atoms with van der Waals surface area (Å²) in [5.41, 5.74) is 0.992. The summed E-state index contributed by atoms with van der Waals surface area (Å²) in [7, 11) is 1.87. The smallest absolute Gasteiger partial charge is 0.230 e. The highest BCUT2D eigenvalue weighted by atomic mass is 16.2. The highest BCUT2D eigenvalue weighted by Crippen LogP contribution is 2.17. The highest BCUT2D eigenvalue weighted by molar-refractivity contribution is 5.83. The van der Waals surface area contributed by atoms with E-state index in [0.29, 0.717) is 0 Å². The first kappa shape index (κ1) is 11.1. The van der Waals surface area contributed by atoms with Crippen LogP contribution in [0.25, 0.3) is 0 Å². The Balaban J connectivity index is 2.03. The molecule has 1 aromatic heterocycles. The van der Waals surface area contributed by atoms with E-state index in [2.05, 4.69) is 10.4 Å². The van der Waals surface area contributed by atoms with Crippen LogP contribution in [0.4, 0.5) is 0 Å². The van der Waals surface area contributed by atoms with Crippen LogP contribution in [0.2, 0.25) is 0 Å². The third-order valence-electron chi connectivity index (χ3n) is 3.02. The summed E-state index contributed by atoms with van der Waals surface area (Å²) in [5, 5.41) is 7.34. The lowest BCUT2D eigenvalue weighted by molar-refractivity contribution is -0.133. The van der Waals surface area contributed by atoms with E-state index in [1.807, 2.05) is 25.1 Å². The highest BCUT2D eigenvalue weighted by Gasteiger charge is 2.23. The topological polar surface area (TPSA) is 50.2 Å². The summed E-state index contributed by atoms with van der Waals surface area (Å²) in [6.07, 6.45) is 3.68. The van der Waals surface area contributed by atoms with Crippen molar-refractivity contribution in [3.63, 3.8) is 0 Å². The van der Waals surface area contributed by atoms with Crippen LogP contribution in [0, 0.1) is 0 Å². The Kier molecular flexibility index (Phi) is 3.24. The van der Waals surface area contributed by atoms with Gasteiger partial charge in [0, 0.05) is 45.0 Å². The van der Waals surface area contributed by atoms with Crippen molar-refractivity contribution < 1.29 is 4.79 Å². The fraction of sp³-hybridized carbons (Fsp3) is 0.636. The summed E-state index contributed by atoms with van der Waals surface area (Å²) >= 11 is 0. The third kappa shape index (κ3) is 2.24. The summed E-state index contributed by atoms with van der Waals surface area (Å²) in [6.45, 7) is 5.35. The lowest BCUT2D eigenvalue weighted by Gasteiger charge is -2.29. The molecule has 0 radical (unpaired) electrons. The predicted molar refractivity (Wildman–Crippen MR) is 61.1 cm³/mol. The van der Waals surface area contributed by atoms with Gasteiger partial charge in [0.2, 0.25) is 5.91 Å². The molecule has 1 N–H and O–H groups in total. The molecule has 0 bridgehead atoms. The number of piperazine rings is 1. The van der Waals surface area contributed by atoms with E-state index < -0.39 is 0 Å². The molecule has 0 saturated carbocycles. The van der Waals surface area contributed by atoms with Gasteiger partial charge in [-0.15, -0.1) is 0 Å². The van der Waals surface area contributed by atoms with E-state index >= 15 is 0 Å². The molecule has 1 aromatic rings. The van der Waals surface area contributed by atoms with Gasteiger partial charge in [-0.3, -0.25) is 9.48 Å². The minimum absolute atomic E-state index is 0.0909. The number of carbonyl (C=O) groups excluding carboxylic acids is 1. The number of nitrogens with one attached hydrogen (secondary N) is 1. The molecule has 2 heterocycles. The molecule has 1 aliphatic heterocycles. The normalized spacial score (nSPS) is 18.5. The van der Waals surface area contributed by atoms with Crippen LogP contribution in [-0.4, -0.2) is 46.8 Å². The average molecular weight is 222 g/mol. The van der Waals surface area contributed by atoms with Crippen LogP contribution >= 0.6 is 0 Å². The molecule has 1 unspecified atom stereocenters. The van der Waals surface area contributed by atoms with E-state index in [4.69, 9.17) is 0 Å². The molecule has 1 aliphatic rings. The van der Waals surface area contributed by atoms with Crippen LogP contribution in [0.5, 0.6) is 0 Å². The largest absolute Gasteiger partial charge is 0.340 e. The van der Waals surface area contributed by atoms with E-state index in [9.17, 15) is 4.79 Å². The van der Waals surface area contributed by atoms with Crippen molar-refractivity contribution in [3.8, 4) is 0 Å². The minimum atomic E-state index is -0.0909.